The number of anilines is 1. The van der Waals surface area contributed by atoms with Crippen LogP contribution in [0.3, 0.4) is 0 Å². The first-order valence-electron chi connectivity index (χ1n) is 5.52. The van der Waals surface area contributed by atoms with Gasteiger partial charge >= 0.3 is 0 Å². The molecule has 0 saturated carbocycles. The molecule has 0 atom stereocenters. The van der Waals surface area contributed by atoms with Crippen molar-refractivity contribution < 1.29 is 4.74 Å². The Hall–Kier alpha value is -1.06. The average Bonchev–Trinajstić information content (AvgIpc) is 2.78. The van der Waals surface area contributed by atoms with Gasteiger partial charge in [-0.15, -0.1) is 0 Å². The minimum Gasteiger partial charge on any atom is -0.378 e. The van der Waals surface area contributed by atoms with Gasteiger partial charge in [0.05, 0.1) is 13.2 Å². The van der Waals surface area contributed by atoms with Crippen molar-refractivity contribution in [1.82, 2.24) is 5.32 Å². The number of ether oxygens (including phenoxy) is 1. The monoisotopic (exact) mass is 203 g/mol. The molecule has 0 amide bonds. The lowest BCUT2D eigenvalue weighted by molar-refractivity contribution is 0.122. The third-order valence-electron chi connectivity index (χ3n) is 3.15. The summed E-state index contributed by atoms with van der Waals surface area (Å²) in [7, 11) is 0. The standard InChI is InChI=1S/C12H15N2O/c1-2-10-8-13-9-11(10)12(3-1)14-4-6-15-7-5-14/h1-3H,4-9H2. The fraction of sp³-hybridized carbons (Fsp3) is 0.500. The largest absolute Gasteiger partial charge is 0.378 e. The minimum atomic E-state index is 0.848. The first-order chi connectivity index (χ1) is 7.45. The third-order valence-corrected chi connectivity index (χ3v) is 3.15. The van der Waals surface area contributed by atoms with Gasteiger partial charge in [-0.2, -0.15) is 0 Å². The molecule has 0 N–H and O–H groups in total. The van der Waals surface area contributed by atoms with Crippen molar-refractivity contribution in [2.75, 3.05) is 31.2 Å². The molecule has 0 bridgehead atoms. The molecule has 2 heterocycles. The Bertz CT molecular complexity index is 359. The summed E-state index contributed by atoms with van der Waals surface area (Å²) >= 11 is 0. The van der Waals surface area contributed by atoms with Crippen LogP contribution in [0, 0.1) is 0 Å². The molecule has 1 aromatic carbocycles. The molecule has 3 heteroatoms. The summed E-state index contributed by atoms with van der Waals surface area (Å²) in [4.78, 5) is 2.42. The average molecular weight is 203 g/mol. The van der Waals surface area contributed by atoms with Crippen molar-refractivity contribution in [2.45, 2.75) is 13.1 Å². The van der Waals surface area contributed by atoms with Crippen molar-refractivity contribution in [2.24, 2.45) is 0 Å². The lowest BCUT2D eigenvalue weighted by Crippen LogP contribution is -2.36. The molecule has 1 aromatic rings. The highest BCUT2D eigenvalue weighted by molar-refractivity contribution is 5.58. The van der Waals surface area contributed by atoms with E-state index < -0.39 is 0 Å². The quantitative estimate of drug-likeness (QED) is 0.684. The topological polar surface area (TPSA) is 26.6 Å². The molecule has 2 aliphatic rings. The zero-order valence-electron chi connectivity index (χ0n) is 8.78. The van der Waals surface area contributed by atoms with E-state index in [2.05, 4.69) is 28.4 Å². The molecule has 1 saturated heterocycles. The summed E-state index contributed by atoms with van der Waals surface area (Å²) in [5.41, 5.74) is 4.20. The van der Waals surface area contributed by atoms with Crippen molar-refractivity contribution >= 4 is 5.69 Å². The highest BCUT2D eigenvalue weighted by Crippen LogP contribution is 2.28. The first kappa shape index (κ1) is 9.19. The molecule has 0 spiro atoms. The minimum absolute atomic E-state index is 0.848. The van der Waals surface area contributed by atoms with Gasteiger partial charge < -0.3 is 9.64 Å². The van der Waals surface area contributed by atoms with Crippen LogP contribution in [0.1, 0.15) is 11.1 Å². The summed E-state index contributed by atoms with van der Waals surface area (Å²) in [6.07, 6.45) is 0. The van der Waals surface area contributed by atoms with E-state index in [-0.39, 0.29) is 0 Å². The summed E-state index contributed by atoms with van der Waals surface area (Å²) in [5.74, 6) is 0. The molecule has 0 aliphatic carbocycles. The molecule has 15 heavy (non-hydrogen) atoms. The second kappa shape index (κ2) is 3.83. The van der Waals surface area contributed by atoms with Gasteiger partial charge in [-0.3, -0.25) is 0 Å². The Balaban J connectivity index is 1.93. The van der Waals surface area contributed by atoms with Crippen LogP contribution in [0.15, 0.2) is 18.2 Å². The molecular formula is C12H15N2O. The zero-order valence-corrected chi connectivity index (χ0v) is 8.78. The predicted molar refractivity (Wildman–Crippen MR) is 59.0 cm³/mol. The lowest BCUT2D eigenvalue weighted by Gasteiger charge is -2.30. The van der Waals surface area contributed by atoms with Crippen LogP contribution < -0.4 is 10.2 Å². The predicted octanol–water partition coefficient (Wildman–Crippen LogP) is 1.14. The number of nitrogens with zero attached hydrogens (tertiary/aromatic N) is 2. The van der Waals surface area contributed by atoms with Crippen LogP contribution in [0.2, 0.25) is 0 Å². The van der Waals surface area contributed by atoms with Gasteiger partial charge in [0.25, 0.3) is 0 Å². The van der Waals surface area contributed by atoms with Crippen LogP contribution in [0.25, 0.3) is 0 Å². The summed E-state index contributed by atoms with van der Waals surface area (Å²) in [6, 6.07) is 6.55. The van der Waals surface area contributed by atoms with Gasteiger partial charge in [0.2, 0.25) is 0 Å². The van der Waals surface area contributed by atoms with Gasteiger partial charge in [-0.25, -0.2) is 5.32 Å². The first-order valence-corrected chi connectivity index (χ1v) is 5.52. The molecule has 79 valence electrons. The van der Waals surface area contributed by atoms with E-state index in [1.54, 1.807) is 0 Å². The van der Waals surface area contributed by atoms with E-state index in [0.29, 0.717) is 0 Å². The van der Waals surface area contributed by atoms with Gasteiger partial charge in [0.15, 0.2) is 0 Å². The maximum atomic E-state index is 5.38. The van der Waals surface area contributed by atoms with Crippen LogP contribution >= 0.6 is 0 Å². The Morgan fingerprint density at radius 3 is 2.87 bits per heavy atom. The number of hydrogen-bond acceptors (Lipinski definition) is 2. The fourth-order valence-electron chi connectivity index (χ4n) is 2.34. The van der Waals surface area contributed by atoms with E-state index in [1.165, 1.54) is 16.8 Å². The van der Waals surface area contributed by atoms with Gasteiger partial charge in [0.1, 0.15) is 0 Å². The normalized spacial score (nSPS) is 20.4. The molecule has 0 aromatic heterocycles. The number of morpholine rings is 1. The van der Waals surface area contributed by atoms with Gasteiger partial charge in [-0.05, 0) is 17.2 Å². The Labute approximate surface area is 90.0 Å². The third kappa shape index (κ3) is 1.62. The highest BCUT2D eigenvalue weighted by Gasteiger charge is 2.19. The zero-order chi connectivity index (χ0) is 10.1. The smallest absolute Gasteiger partial charge is 0.0642 e. The second-order valence-corrected chi connectivity index (χ2v) is 4.05. The molecule has 2 aliphatic heterocycles. The van der Waals surface area contributed by atoms with Crippen LogP contribution in [0.4, 0.5) is 5.69 Å². The molecule has 0 unspecified atom stereocenters. The number of hydrogen-bond donors (Lipinski definition) is 0. The Kier molecular flexibility index (Phi) is 2.35. The molecule has 3 nitrogen and oxygen atoms in total. The maximum Gasteiger partial charge on any atom is 0.0642 e. The van der Waals surface area contributed by atoms with E-state index in [9.17, 15) is 0 Å². The Morgan fingerprint density at radius 2 is 2.00 bits per heavy atom. The van der Waals surface area contributed by atoms with Crippen molar-refractivity contribution in [3.05, 3.63) is 29.3 Å². The molecule has 1 fully saturated rings. The summed E-state index contributed by atoms with van der Waals surface area (Å²) in [6.45, 7) is 5.50. The molecule has 1 radical (unpaired) electrons. The fourth-order valence-corrected chi connectivity index (χ4v) is 2.34. The molecule has 3 rings (SSSR count). The van der Waals surface area contributed by atoms with E-state index in [0.717, 1.165) is 39.4 Å². The van der Waals surface area contributed by atoms with Crippen LogP contribution in [0.5, 0.6) is 0 Å². The van der Waals surface area contributed by atoms with Gasteiger partial charge in [-0.1, -0.05) is 12.1 Å². The number of benzene rings is 1. The van der Waals surface area contributed by atoms with Crippen molar-refractivity contribution in [3.63, 3.8) is 0 Å². The summed E-state index contributed by atoms with van der Waals surface area (Å²) in [5, 5.41) is 4.45. The summed E-state index contributed by atoms with van der Waals surface area (Å²) < 4.78 is 5.38. The Morgan fingerprint density at radius 1 is 1.13 bits per heavy atom. The molecular weight excluding hydrogens is 188 g/mol. The van der Waals surface area contributed by atoms with E-state index >= 15 is 0 Å². The maximum absolute atomic E-state index is 5.38. The van der Waals surface area contributed by atoms with Crippen molar-refractivity contribution in [3.8, 4) is 0 Å². The SMILES string of the molecule is c1cc2c(c(N3CCOCC3)c1)C[N]C2. The van der Waals surface area contributed by atoms with Crippen LogP contribution in [-0.2, 0) is 17.8 Å². The highest BCUT2D eigenvalue weighted by atomic mass is 16.5. The van der Waals surface area contributed by atoms with E-state index in [4.69, 9.17) is 4.74 Å². The lowest BCUT2D eigenvalue weighted by atomic mass is 10.1. The van der Waals surface area contributed by atoms with Crippen LogP contribution in [-0.4, -0.2) is 26.3 Å². The second-order valence-electron chi connectivity index (χ2n) is 4.05. The van der Waals surface area contributed by atoms with Gasteiger partial charge in [0, 0.05) is 31.9 Å². The van der Waals surface area contributed by atoms with E-state index in [1.807, 2.05) is 0 Å². The number of fused-ring (bicyclic) bond motifs is 1. The van der Waals surface area contributed by atoms with Crippen molar-refractivity contribution in [1.29, 1.82) is 0 Å². The number of rotatable bonds is 1.